The molecule has 0 saturated carbocycles. The molecule has 0 atom stereocenters. The van der Waals surface area contributed by atoms with Gasteiger partial charge in [-0.25, -0.2) is 4.98 Å². The summed E-state index contributed by atoms with van der Waals surface area (Å²) in [6, 6.07) is 20.3. The summed E-state index contributed by atoms with van der Waals surface area (Å²) in [6.45, 7) is 4.24. The molecule has 2 aromatic carbocycles. The fourth-order valence-corrected chi connectivity index (χ4v) is 3.54. The highest BCUT2D eigenvalue weighted by atomic mass is 15.3. The quantitative estimate of drug-likeness (QED) is 0.479. The Balaban J connectivity index is 1.75. The van der Waals surface area contributed by atoms with Gasteiger partial charge in [0.1, 0.15) is 5.82 Å². The van der Waals surface area contributed by atoms with E-state index in [1.807, 2.05) is 42.0 Å². The van der Waals surface area contributed by atoms with Crippen molar-refractivity contribution in [3.8, 4) is 17.2 Å². The lowest BCUT2D eigenvalue weighted by Gasteiger charge is -2.21. The van der Waals surface area contributed by atoms with Crippen LogP contribution in [0.1, 0.15) is 30.7 Å². The van der Waals surface area contributed by atoms with Crippen LogP contribution in [0.4, 0.5) is 11.5 Å². The fraction of sp³-hybridized carbons (Fsp3) is 0.208. The maximum absolute atomic E-state index is 9.37. The molecule has 0 fully saturated rings. The van der Waals surface area contributed by atoms with Crippen LogP contribution in [0.2, 0.25) is 0 Å². The second kappa shape index (κ2) is 7.76. The van der Waals surface area contributed by atoms with E-state index in [0.717, 1.165) is 52.4 Å². The van der Waals surface area contributed by atoms with E-state index in [2.05, 4.69) is 60.2 Å². The molecule has 5 heteroatoms. The van der Waals surface area contributed by atoms with Gasteiger partial charge in [0.05, 0.1) is 17.8 Å². The molecule has 0 aliphatic rings. The fourth-order valence-electron chi connectivity index (χ4n) is 3.54. The number of anilines is 2. The smallest absolute Gasteiger partial charge is 0.160 e. The van der Waals surface area contributed by atoms with Crippen molar-refractivity contribution in [1.82, 2.24) is 14.6 Å². The van der Waals surface area contributed by atoms with Crippen LogP contribution >= 0.6 is 0 Å². The number of nitrogens with zero attached hydrogens (tertiary/aromatic N) is 5. The third-order valence-electron chi connectivity index (χ3n) is 5.28. The molecular formula is C24H23N5. The van der Waals surface area contributed by atoms with Gasteiger partial charge in [0.25, 0.3) is 0 Å². The van der Waals surface area contributed by atoms with Crippen molar-refractivity contribution in [2.45, 2.75) is 26.7 Å². The molecule has 5 nitrogen and oxygen atoms in total. The zero-order valence-corrected chi connectivity index (χ0v) is 16.9. The van der Waals surface area contributed by atoms with Crippen LogP contribution in [0.3, 0.4) is 0 Å². The van der Waals surface area contributed by atoms with E-state index in [9.17, 15) is 5.26 Å². The lowest BCUT2D eigenvalue weighted by molar-refractivity contribution is 0.890. The predicted molar refractivity (Wildman–Crippen MR) is 116 cm³/mol. The second-order valence-corrected chi connectivity index (χ2v) is 6.98. The van der Waals surface area contributed by atoms with Gasteiger partial charge in [-0.3, -0.25) is 0 Å². The lowest BCUT2D eigenvalue weighted by Crippen LogP contribution is -2.15. The highest BCUT2D eigenvalue weighted by molar-refractivity contribution is 5.73. The van der Waals surface area contributed by atoms with Gasteiger partial charge in [0.2, 0.25) is 0 Å². The average molecular weight is 381 g/mol. The van der Waals surface area contributed by atoms with Gasteiger partial charge in [-0.05, 0) is 42.2 Å². The molecule has 0 unspecified atom stereocenters. The van der Waals surface area contributed by atoms with Crippen molar-refractivity contribution in [2.75, 3.05) is 11.9 Å². The maximum Gasteiger partial charge on any atom is 0.160 e. The summed E-state index contributed by atoms with van der Waals surface area (Å²) in [4.78, 5) is 6.90. The summed E-state index contributed by atoms with van der Waals surface area (Å²) in [5.41, 5.74) is 6.83. The summed E-state index contributed by atoms with van der Waals surface area (Å²) in [5, 5.41) is 13.9. The molecule has 0 amide bonds. The molecule has 2 heterocycles. The highest BCUT2D eigenvalue weighted by Gasteiger charge is 2.15. The normalized spacial score (nSPS) is 10.8. The van der Waals surface area contributed by atoms with Crippen molar-refractivity contribution in [1.29, 1.82) is 5.26 Å². The number of fused-ring (bicyclic) bond motifs is 1. The summed E-state index contributed by atoms with van der Waals surface area (Å²) in [7, 11) is 2.04. The topological polar surface area (TPSA) is 57.2 Å². The monoisotopic (exact) mass is 381 g/mol. The lowest BCUT2D eigenvalue weighted by atomic mass is 10.0. The van der Waals surface area contributed by atoms with E-state index in [1.165, 1.54) is 0 Å². The first-order valence-electron chi connectivity index (χ1n) is 9.86. The van der Waals surface area contributed by atoms with Crippen molar-refractivity contribution >= 4 is 17.2 Å². The molecule has 0 saturated heterocycles. The Morgan fingerprint density at radius 2 is 1.79 bits per heavy atom. The van der Waals surface area contributed by atoms with Crippen molar-refractivity contribution in [3.63, 3.8) is 0 Å². The third kappa shape index (κ3) is 3.34. The third-order valence-corrected chi connectivity index (χ3v) is 5.28. The van der Waals surface area contributed by atoms with Crippen LogP contribution < -0.4 is 4.90 Å². The first-order chi connectivity index (χ1) is 14.2. The predicted octanol–water partition coefficient (Wildman–Crippen LogP) is 5.16. The van der Waals surface area contributed by atoms with E-state index in [4.69, 9.17) is 4.98 Å². The van der Waals surface area contributed by atoms with Gasteiger partial charge in [0, 0.05) is 30.1 Å². The Kier molecular flexibility index (Phi) is 5.01. The number of rotatable bonds is 5. The Morgan fingerprint density at radius 3 is 2.48 bits per heavy atom. The maximum atomic E-state index is 9.37. The van der Waals surface area contributed by atoms with Crippen LogP contribution in [0.25, 0.3) is 16.8 Å². The van der Waals surface area contributed by atoms with Crippen LogP contribution in [-0.4, -0.2) is 21.6 Å². The van der Waals surface area contributed by atoms with Crippen LogP contribution in [-0.2, 0) is 12.8 Å². The SMILES string of the molecule is CCc1cc(N(C)c2ccc(-c3ccccc3C#N)cc2)n2ncc(CC)c2n1. The van der Waals surface area contributed by atoms with E-state index in [1.54, 1.807) is 0 Å². The summed E-state index contributed by atoms with van der Waals surface area (Å²) in [6.07, 6.45) is 3.68. The van der Waals surface area contributed by atoms with E-state index in [-0.39, 0.29) is 0 Å². The number of nitriles is 1. The second-order valence-electron chi connectivity index (χ2n) is 6.98. The minimum atomic E-state index is 0.681. The molecule has 2 aromatic heterocycles. The Labute approximate surface area is 170 Å². The van der Waals surface area contributed by atoms with Crippen molar-refractivity contribution < 1.29 is 0 Å². The van der Waals surface area contributed by atoms with Gasteiger partial charge in [0.15, 0.2) is 5.65 Å². The number of benzene rings is 2. The molecule has 4 aromatic rings. The molecule has 0 aliphatic heterocycles. The molecule has 0 aliphatic carbocycles. The molecule has 29 heavy (non-hydrogen) atoms. The van der Waals surface area contributed by atoms with E-state index < -0.39 is 0 Å². The molecule has 0 spiro atoms. The first-order valence-corrected chi connectivity index (χ1v) is 9.86. The van der Waals surface area contributed by atoms with Crippen LogP contribution in [0, 0.1) is 11.3 Å². The molecule has 0 N–H and O–H groups in total. The number of aromatic nitrogens is 3. The molecular weight excluding hydrogens is 358 g/mol. The number of hydrogen-bond donors (Lipinski definition) is 0. The number of aryl methyl sites for hydroxylation is 2. The van der Waals surface area contributed by atoms with Crippen LogP contribution in [0.5, 0.6) is 0 Å². The summed E-state index contributed by atoms with van der Waals surface area (Å²) < 4.78 is 1.91. The number of hydrogen-bond acceptors (Lipinski definition) is 4. The molecule has 4 rings (SSSR count). The summed E-state index contributed by atoms with van der Waals surface area (Å²) in [5.74, 6) is 0.983. The van der Waals surface area contributed by atoms with Crippen molar-refractivity contribution in [3.05, 3.63) is 77.6 Å². The van der Waals surface area contributed by atoms with Gasteiger partial charge >= 0.3 is 0 Å². The standard InChI is InChI=1S/C24H23N5/c1-4-17-16-26-29-23(14-20(5-2)27-24(17)29)28(3)21-12-10-18(11-13-21)22-9-7-6-8-19(22)15-25/h6-14,16H,4-5H2,1-3H3. The van der Waals surface area contributed by atoms with Gasteiger partial charge < -0.3 is 4.90 Å². The minimum Gasteiger partial charge on any atom is -0.329 e. The van der Waals surface area contributed by atoms with Gasteiger partial charge in [-0.2, -0.15) is 14.9 Å². The zero-order valence-electron chi connectivity index (χ0n) is 16.9. The molecule has 144 valence electrons. The van der Waals surface area contributed by atoms with Gasteiger partial charge in [-0.1, -0.05) is 44.2 Å². The average Bonchev–Trinajstić information content (AvgIpc) is 3.21. The van der Waals surface area contributed by atoms with E-state index >= 15 is 0 Å². The largest absolute Gasteiger partial charge is 0.329 e. The van der Waals surface area contributed by atoms with Crippen molar-refractivity contribution in [2.24, 2.45) is 0 Å². The first kappa shape index (κ1) is 18.7. The zero-order chi connectivity index (χ0) is 20.4. The summed E-state index contributed by atoms with van der Waals surface area (Å²) >= 11 is 0. The van der Waals surface area contributed by atoms with Crippen LogP contribution in [0.15, 0.2) is 60.8 Å². The van der Waals surface area contributed by atoms with E-state index in [0.29, 0.717) is 5.56 Å². The molecule has 0 bridgehead atoms. The molecule has 0 radical (unpaired) electrons. The Bertz CT molecular complexity index is 1200. The Hall–Kier alpha value is -3.65. The Morgan fingerprint density at radius 1 is 1.03 bits per heavy atom. The highest BCUT2D eigenvalue weighted by Crippen LogP contribution is 2.29. The minimum absolute atomic E-state index is 0.681. The van der Waals surface area contributed by atoms with Gasteiger partial charge in [-0.15, -0.1) is 0 Å².